The molecule has 1 heterocycles. The van der Waals surface area contributed by atoms with Gasteiger partial charge in [-0.15, -0.1) is 0 Å². The Morgan fingerprint density at radius 3 is 2.61 bits per heavy atom. The quantitative estimate of drug-likeness (QED) is 0.386. The smallest absolute Gasteiger partial charge is 0.223 e. The molecular weight excluding hydrogens is 386 g/mol. The van der Waals surface area contributed by atoms with Gasteiger partial charge < -0.3 is 15.7 Å². The lowest BCUT2D eigenvalue weighted by molar-refractivity contribution is 0.276. The standard InChI is InChI=1S/C25H33N5O/c1-3-30(17-5-14-26-2)19-21-6-4-7-22(18-21)24-13-16-28-25(29-24)27-15-12-20-8-10-23(31)11-9-20/h4,6-11,13,16,18,26,31H,3,5,12,14-15,17,19H2,1-2H3,(H,27,28,29). The summed E-state index contributed by atoms with van der Waals surface area (Å²) < 4.78 is 0. The van der Waals surface area contributed by atoms with Crippen LogP contribution in [0.2, 0.25) is 0 Å². The summed E-state index contributed by atoms with van der Waals surface area (Å²) in [6.45, 7) is 7.05. The van der Waals surface area contributed by atoms with Crippen molar-refractivity contribution in [3.05, 3.63) is 71.9 Å². The molecule has 3 N–H and O–H groups in total. The molecule has 0 bridgehead atoms. The third-order valence-electron chi connectivity index (χ3n) is 5.27. The molecule has 0 aliphatic rings. The van der Waals surface area contributed by atoms with Crippen LogP contribution in [0.4, 0.5) is 5.95 Å². The maximum Gasteiger partial charge on any atom is 0.223 e. The van der Waals surface area contributed by atoms with Crippen molar-refractivity contribution in [3.8, 4) is 17.0 Å². The zero-order valence-electron chi connectivity index (χ0n) is 18.5. The molecule has 0 saturated carbocycles. The lowest BCUT2D eigenvalue weighted by Crippen LogP contribution is -2.26. The average Bonchev–Trinajstić information content (AvgIpc) is 2.80. The van der Waals surface area contributed by atoms with E-state index < -0.39 is 0 Å². The summed E-state index contributed by atoms with van der Waals surface area (Å²) in [4.78, 5) is 11.5. The van der Waals surface area contributed by atoms with Gasteiger partial charge in [-0.05, 0) is 74.9 Å². The van der Waals surface area contributed by atoms with Crippen molar-refractivity contribution in [3.63, 3.8) is 0 Å². The molecule has 0 unspecified atom stereocenters. The highest BCUT2D eigenvalue weighted by molar-refractivity contribution is 5.60. The van der Waals surface area contributed by atoms with E-state index in [1.807, 2.05) is 25.2 Å². The summed E-state index contributed by atoms with van der Waals surface area (Å²) >= 11 is 0. The normalized spacial score (nSPS) is 11.1. The maximum atomic E-state index is 9.39. The molecule has 0 aliphatic carbocycles. The van der Waals surface area contributed by atoms with Gasteiger partial charge in [0.05, 0.1) is 5.69 Å². The number of hydrogen-bond acceptors (Lipinski definition) is 6. The summed E-state index contributed by atoms with van der Waals surface area (Å²) in [6, 6.07) is 17.8. The second kappa shape index (κ2) is 12.0. The number of nitrogens with zero attached hydrogens (tertiary/aromatic N) is 3. The Hall–Kier alpha value is -2.96. The predicted molar refractivity (Wildman–Crippen MR) is 127 cm³/mol. The predicted octanol–water partition coefficient (Wildman–Crippen LogP) is 3.94. The molecule has 3 rings (SSSR count). The summed E-state index contributed by atoms with van der Waals surface area (Å²) in [5.41, 5.74) is 4.48. The van der Waals surface area contributed by atoms with Crippen LogP contribution in [0.3, 0.4) is 0 Å². The number of phenols is 1. The minimum absolute atomic E-state index is 0.287. The number of anilines is 1. The molecule has 3 aromatic rings. The van der Waals surface area contributed by atoms with E-state index in [0.29, 0.717) is 5.95 Å². The number of rotatable bonds is 12. The number of benzene rings is 2. The fourth-order valence-corrected chi connectivity index (χ4v) is 3.50. The second-order valence-electron chi connectivity index (χ2n) is 7.63. The van der Waals surface area contributed by atoms with E-state index in [1.165, 1.54) is 5.56 Å². The van der Waals surface area contributed by atoms with Gasteiger partial charge in [0.2, 0.25) is 5.95 Å². The molecule has 2 aromatic carbocycles. The minimum atomic E-state index is 0.287. The monoisotopic (exact) mass is 419 g/mol. The average molecular weight is 420 g/mol. The van der Waals surface area contributed by atoms with Crippen molar-refractivity contribution in [2.75, 3.05) is 38.5 Å². The molecule has 0 radical (unpaired) electrons. The van der Waals surface area contributed by atoms with Crippen LogP contribution in [0.5, 0.6) is 5.75 Å². The Morgan fingerprint density at radius 2 is 1.84 bits per heavy atom. The van der Waals surface area contributed by atoms with Crippen LogP contribution in [0, 0.1) is 0 Å². The van der Waals surface area contributed by atoms with Gasteiger partial charge >= 0.3 is 0 Å². The first kappa shape index (κ1) is 22.7. The number of hydrogen-bond donors (Lipinski definition) is 3. The molecule has 31 heavy (non-hydrogen) atoms. The van der Waals surface area contributed by atoms with Crippen LogP contribution in [0.25, 0.3) is 11.3 Å². The van der Waals surface area contributed by atoms with Gasteiger partial charge in [0.1, 0.15) is 5.75 Å². The topological polar surface area (TPSA) is 73.3 Å². The van der Waals surface area contributed by atoms with Crippen LogP contribution in [0.15, 0.2) is 60.8 Å². The molecular formula is C25H33N5O. The number of aromatic hydroxyl groups is 1. The first-order valence-electron chi connectivity index (χ1n) is 11.0. The first-order chi connectivity index (χ1) is 15.2. The van der Waals surface area contributed by atoms with Crippen molar-refractivity contribution in [1.29, 1.82) is 0 Å². The SMILES string of the molecule is CCN(CCCNC)Cc1cccc(-c2ccnc(NCCc3ccc(O)cc3)n2)c1. The highest BCUT2D eigenvalue weighted by atomic mass is 16.3. The fraction of sp³-hybridized carbons (Fsp3) is 0.360. The Labute approximate surface area is 185 Å². The number of aromatic nitrogens is 2. The van der Waals surface area contributed by atoms with Gasteiger partial charge in [-0.2, -0.15) is 0 Å². The Kier molecular flexibility index (Phi) is 8.82. The van der Waals surface area contributed by atoms with Crippen LogP contribution in [-0.2, 0) is 13.0 Å². The van der Waals surface area contributed by atoms with Gasteiger partial charge in [-0.1, -0.05) is 37.3 Å². The van der Waals surface area contributed by atoms with Crippen LogP contribution < -0.4 is 10.6 Å². The summed E-state index contributed by atoms with van der Waals surface area (Å²) in [5.74, 6) is 0.916. The van der Waals surface area contributed by atoms with E-state index in [9.17, 15) is 5.11 Å². The van der Waals surface area contributed by atoms with Crippen molar-refractivity contribution < 1.29 is 5.11 Å². The molecule has 0 saturated heterocycles. The van der Waals surface area contributed by atoms with Crippen LogP contribution in [0.1, 0.15) is 24.5 Å². The third kappa shape index (κ3) is 7.35. The van der Waals surface area contributed by atoms with E-state index >= 15 is 0 Å². The number of phenolic OH excluding ortho intramolecular Hbond substituents is 1. The third-order valence-corrected chi connectivity index (χ3v) is 5.27. The highest BCUT2D eigenvalue weighted by Gasteiger charge is 2.07. The minimum Gasteiger partial charge on any atom is -0.508 e. The first-order valence-corrected chi connectivity index (χ1v) is 11.0. The molecule has 0 spiro atoms. The van der Waals surface area contributed by atoms with Crippen LogP contribution in [-0.4, -0.2) is 53.2 Å². The molecule has 164 valence electrons. The Morgan fingerprint density at radius 1 is 1.00 bits per heavy atom. The lowest BCUT2D eigenvalue weighted by atomic mass is 10.1. The van der Waals surface area contributed by atoms with Gasteiger partial charge in [-0.3, -0.25) is 4.90 Å². The summed E-state index contributed by atoms with van der Waals surface area (Å²) in [7, 11) is 2.00. The van der Waals surface area contributed by atoms with Gasteiger partial charge in [0, 0.05) is 24.8 Å². The molecule has 1 aromatic heterocycles. The zero-order chi connectivity index (χ0) is 21.9. The largest absolute Gasteiger partial charge is 0.508 e. The molecule has 6 nitrogen and oxygen atoms in total. The molecule has 6 heteroatoms. The summed E-state index contributed by atoms with van der Waals surface area (Å²) in [5, 5.41) is 15.9. The molecule has 0 aliphatic heterocycles. The zero-order valence-corrected chi connectivity index (χ0v) is 18.5. The molecule has 0 fully saturated rings. The van der Waals surface area contributed by atoms with E-state index in [1.54, 1.807) is 18.3 Å². The lowest BCUT2D eigenvalue weighted by Gasteiger charge is -2.20. The Balaban J connectivity index is 1.60. The molecule has 0 atom stereocenters. The van der Waals surface area contributed by atoms with Gasteiger partial charge in [0.25, 0.3) is 0 Å². The van der Waals surface area contributed by atoms with Gasteiger partial charge in [0.15, 0.2) is 0 Å². The van der Waals surface area contributed by atoms with E-state index in [0.717, 1.165) is 62.4 Å². The van der Waals surface area contributed by atoms with Gasteiger partial charge in [-0.25, -0.2) is 9.97 Å². The van der Waals surface area contributed by atoms with E-state index in [-0.39, 0.29) is 5.75 Å². The highest BCUT2D eigenvalue weighted by Crippen LogP contribution is 2.20. The molecule has 0 amide bonds. The second-order valence-corrected chi connectivity index (χ2v) is 7.63. The van der Waals surface area contributed by atoms with E-state index in [2.05, 4.69) is 51.7 Å². The van der Waals surface area contributed by atoms with Crippen molar-refractivity contribution in [2.45, 2.75) is 26.3 Å². The Bertz CT molecular complexity index is 929. The van der Waals surface area contributed by atoms with Crippen molar-refractivity contribution in [2.24, 2.45) is 0 Å². The van der Waals surface area contributed by atoms with Crippen molar-refractivity contribution in [1.82, 2.24) is 20.2 Å². The van der Waals surface area contributed by atoms with Crippen molar-refractivity contribution >= 4 is 5.95 Å². The van der Waals surface area contributed by atoms with Crippen LogP contribution >= 0.6 is 0 Å². The summed E-state index contributed by atoms with van der Waals surface area (Å²) in [6.07, 6.45) is 3.78. The van der Waals surface area contributed by atoms with E-state index in [4.69, 9.17) is 4.98 Å². The maximum absolute atomic E-state index is 9.39. The fourth-order valence-electron chi connectivity index (χ4n) is 3.50. The number of nitrogens with one attached hydrogen (secondary N) is 2.